The maximum absolute atomic E-state index is 12.7. The Hall–Kier alpha value is -3.20. The number of hydrogen-bond acceptors (Lipinski definition) is 5. The Kier molecular flexibility index (Phi) is 6.78. The van der Waals surface area contributed by atoms with E-state index < -0.39 is 11.7 Å². The van der Waals surface area contributed by atoms with E-state index in [0.717, 1.165) is 47.8 Å². The number of carbonyl (C=O) groups excluding carboxylic acids is 1. The predicted molar refractivity (Wildman–Crippen MR) is 123 cm³/mol. The van der Waals surface area contributed by atoms with E-state index in [9.17, 15) is 18.0 Å². The molecule has 4 rings (SSSR count). The van der Waals surface area contributed by atoms with Crippen LogP contribution in [0.2, 0.25) is 0 Å². The molecule has 3 aromatic heterocycles. The molecule has 2 N–H and O–H groups in total. The van der Waals surface area contributed by atoms with E-state index in [0.29, 0.717) is 11.4 Å². The summed E-state index contributed by atoms with van der Waals surface area (Å²) in [5.74, 6) is 0.273. The van der Waals surface area contributed by atoms with Gasteiger partial charge in [-0.3, -0.25) is 9.78 Å². The summed E-state index contributed by atoms with van der Waals surface area (Å²) >= 11 is 1.54. The molecule has 5 nitrogen and oxygen atoms in total. The minimum atomic E-state index is -4.40. The van der Waals surface area contributed by atoms with Gasteiger partial charge in [0, 0.05) is 29.5 Å². The molecule has 0 saturated heterocycles. The van der Waals surface area contributed by atoms with Crippen molar-refractivity contribution >= 4 is 33.6 Å². The van der Waals surface area contributed by atoms with Crippen molar-refractivity contribution in [2.75, 3.05) is 5.32 Å². The van der Waals surface area contributed by atoms with Gasteiger partial charge in [0.1, 0.15) is 5.82 Å². The molecular formula is C24H23F3N4OS. The Morgan fingerprint density at radius 3 is 2.52 bits per heavy atom. The van der Waals surface area contributed by atoms with Crippen LogP contribution in [0.25, 0.3) is 5.57 Å². The van der Waals surface area contributed by atoms with E-state index in [1.165, 1.54) is 17.2 Å². The molecule has 0 spiro atoms. The van der Waals surface area contributed by atoms with Gasteiger partial charge in [0.15, 0.2) is 0 Å². The molecule has 3 aromatic rings. The van der Waals surface area contributed by atoms with Gasteiger partial charge in [-0.05, 0) is 74.6 Å². The summed E-state index contributed by atoms with van der Waals surface area (Å²) in [6.45, 7) is 2.09. The quantitative estimate of drug-likeness (QED) is 0.448. The molecule has 0 radical (unpaired) electrons. The fourth-order valence-electron chi connectivity index (χ4n) is 3.79. The van der Waals surface area contributed by atoms with Crippen molar-refractivity contribution in [1.29, 1.82) is 0 Å². The monoisotopic (exact) mass is 472 g/mol. The summed E-state index contributed by atoms with van der Waals surface area (Å²) in [7, 11) is 0. The van der Waals surface area contributed by atoms with Crippen molar-refractivity contribution in [2.24, 2.45) is 0 Å². The zero-order valence-corrected chi connectivity index (χ0v) is 18.8. The largest absolute Gasteiger partial charge is 0.417 e. The van der Waals surface area contributed by atoms with E-state index in [4.69, 9.17) is 0 Å². The molecule has 3 heterocycles. The average Bonchev–Trinajstić information content (AvgIpc) is 3.28. The van der Waals surface area contributed by atoms with Crippen molar-refractivity contribution in [3.63, 3.8) is 0 Å². The molecular weight excluding hydrogens is 449 g/mol. The van der Waals surface area contributed by atoms with E-state index in [2.05, 4.69) is 27.5 Å². The van der Waals surface area contributed by atoms with Crippen LogP contribution in [-0.4, -0.2) is 21.9 Å². The number of anilines is 2. The normalized spacial score (nSPS) is 16.4. The third-order valence-electron chi connectivity index (χ3n) is 5.70. The molecule has 9 heteroatoms. The van der Waals surface area contributed by atoms with Gasteiger partial charge >= 0.3 is 6.18 Å². The lowest BCUT2D eigenvalue weighted by molar-refractivity contribution is -0.137. The second kappa shape index (κ2) is 9.74. The zero-order valence-electron chi connectivity index (χ0n) is 17.9. The van der Waals surface area contributed by atoms with Crippen LogP contribution in [0.5, 0.6) is 0 Å². The van der Waals surface area contributed by atoms with E-state index in [1.807, 2.05) is 12.1 Å². The van der Waals surface area contributed by atoms with Crippen LogP contribution in [0.15, 0.2) is 60.6 Å². The fourth-order valence-corrected chi connectivity index (χ4v) is 4.76. The Labute approximate surface area is 193 Å². The summed E-state index contributed by atoms with van der Waals surface area (Å²) in [6.07, 6.45) is 3.21. The molecule has 0 unspecified atom stereocenters. The number of allylic oxidation sites excluding steroid dienone is 2. The number of alkyl halides is 3. The lowest BCUT2D eigenvalue weighted by Crippen LogP contribution is -2.36. The van der Waals surface area contributed by atoms with E-state index in [-0.39, 0.29) is 11.9 Å². The van der Waals surface area contributed by atoms with Gasteiger partial charge in [0.25, 0.3) is 5.91 Å². The van der Waals surface area contributed by atoms with Crippen molar-refractivity contribution < 1.29 is 18.0 Å². The molecule has 0 aromatic carbocycles. The van der Waals surface area contributed by atoms with Gasteiger partial charge < -0.3 is 10.6 Å². The lowest BCUT2D eigenvalue weighted by atomic mass is 9.87. The number of hydrogen-bond donors (Lipinski definition) is 2. The second-order valence-electron chi connectivity index (χ2n) is 7.94. The SMILES string of the molecule is CC(=C1CCC(NC(=O)c2cccnc2)CC1)c1ccc(Nc2ccc(C(F)(F)F)cn2)s1. The van der Waals surface area contributed by atoms with Crippen LogP contribution in [-0.2, 0) is 6.18 Å². The minimum absolute atomic E-state index is 0.0944. The van der Waals surface area contributed by atoms with E-state index in [1.54, 1.807) is 35.9 Å². The Bertz CT molecular complexity index is 1130. The Morgan fingerprint density at radius 2 is 1.88 bits per heavy atom. The van der Waals surface area contributed by atoms with Crippen molar-refractivity contribution in [1.82, 2.24) is 15.3 Å². The third-order valence-corrected chi connectivity index (χ3v) is 6.82. The number of nitrogens with one attached hydrogen (secondary N) is 2. The number of carbonyl (C=O) groups is 1. The van der Waals surface area contributed by atoms with Gasteiger partial charge in [-0.25, -0.2) is 4.98 Å². The van der Waals surface area contributed by atoms with Crippen molar-refractivity contribution in [2.45, 2.75) is 44.8 Å². The first-order chi connectivity index (χ1) is 15.8. The first-order valence-electron chi connectivity index (χ1n) is 10.6. The molecule has 1 aliphatic rings. The first kappa shape index (κ1) is 23.0. The second-order valence-corrected chi connectivity index (χ2v) is 9.02. The Balaban J connectivity index is 1.34. The fraction of sp³-hybridized carbons (Fsp3) is 0.292. The van der Waals surface area contributed by atoms with Crippen LogP contribution >= 0.6 is 11.3 Å². The third kappa shape index (κ3) is 5.78. The first-order valence-corrected chi connectivity index (χ1v) is 11.4. The molecule has 33 heavy (non-hydrogen) atoms. The highest BCUT2D eigenvalue weighted by atomic mass is 32.1. The minimum Gasteiger partial charge on any atom is -0.349 e. The number of pyridine rings is 2. The summed E-state index contributed by atoms with van der Waals surface area (Å²) in [5.41, 5.74) is 2.37. The summed E-state index contributed by atoms with van der Waals surface area (Å²) in [4.78, 5) is 21.3. The number of nitrogens with zero attached hydrogens (tertiary/aromatic N) is 2. The van der Waals surface area contributed by atoms with Crippen molar-refractivity contribution in [3.05, 3.63) is 76.6 Å². The number of rotatable bonds is 5. The van der Waals surface area contributed by atoms with Crippen LogP contribution in [0.1, 0.15) is 53.4 Å². The van der Waals surface area contributed by atoms with Crippen molar-refractivity contribution in [3.8, 4) is 0 Å². The lowest BCUT2D eigenvalue weighted by Gasteiger charge is -2.26. The molecule has 172 valence electrons. The molecule has 0 bridgehead atoms. The van der Waals surface area contributed by atoms with Crippen LogP contribution in [0.3, 0.4) is 0 Å². The summed E-state index contributed by atoms with van der Waals surface area (Å²) < 4.78 is 38.1. The Morgan fingerprint density at radius 1 is 1.09 bits per heavy atom. The summed E-state index contributed by atoms with van der Waals surface area (Å²) in [6, 6.07) is 9.90. The standard InChI is InChI=1S/C24H23F3N4OS/c1-15(16-4-7-19(8-5-16)30-23(32)17-3-2-12-28-13-17)20-9-11-22(33-20)31-21-10-6-18(14-29-21)24(25,26)27/h2-3,6,9-14,19H,4-5,7-8H2,1H3,(H,29,31)(H,30,32). The number of aromatic nitrogens is 2. The van der Waals surface area contributed by atoms with E-state index >= 15 is 0 Å². The van der Waals surface area contributed by atoms with Crippen LogP contribution in [0.4, 0.5) is 24.0 Å². The summed E-state index contributed by atoms with van der Waals surface area (Å²) in [5, 5.41) is 6.98. The topological polar surface area (TPSA) is 66.9 Å². The molecule has 0 atom stereocenters. The highest BCUT2D eigenvalue weighted by Gasteiger charge is 2.30. The number of amides is 1. The van der Waals surface area contributed by atoms with Gasteiger partial charge in [0.2, 0.25) is 0 Å². The predicted octanol–water partition coefficient (Wildman–Crippen LogP) is 6.45. The van der Waals surface area contributed by atoms with Crippen LogP contribution in [0, 0.1) is 0 Å². The van der Waals surface area contributed by atoms with Crippen LogP contribution < -0.4 is 10.6 Å². The van der Waals surface area contributed by atoms with Gasteiger partial charge in [-0.15, -0.1) is 11.3 Å². The number of thiophene rings is 1. The number of halogens is 3. The molecule has 1 fully saturated rings. The van der Waals surface area contributed by atoms with Gasteiger partial charge in [0.05, 0.1) is 16.1 Å². The van der Waals surface area contributed by atoms with Gasteiger partial charge in [-0.1, -0.05) is 5.57 Å². The zero-order chi connectivity index (χ0) is 23.4. The van der Waals surface area contributed by atoms with Gasteiger partial charge in [-0.2, -0.15) is 13.2 Å². The highest BCUT2D eigenvalue weighted by Crippen LogP contribution is 2.36. The average molecular weight is 473 g/mol. The smallest absolute Gasteiger partial charge is 0.349 e. The molecule has 1 amide bonds. The molecule has 1 saturated carbocycles. The molecule has 0 aliphatic heterocycles. The maximum atomic E-state index is 12.7. The highest BCUT2D eigenvalue weighted by molar-refractivity contribution is 7.17. The molecule has 1 aliphatic carbocycles. The maximum Gasteiger partial charge on any atom is 0.417 e.